The SMILES string of the molecule is CCOc1ccc2c(C)c(-c3ccc(Br)cc3)c(=O)oc2c1. The van der Waals surface area contributed by atoms with E-state index in [1.807, 2.05) is 50.2 Å². The van der Waals surface area contributed by atoms with E-state index in [4.69, 9.17) is 9.15 Å². The predicted octanol–water partition coefficient (Wildman–Crippen LogP) is 4.93. The van der Waals surface area contributed by atoms with Crippen LogP contribution in [0.25, 0.3) is 22.1 Å². The molecule has 0 aliphatic carbocycles. The summed E-state index contributed by atoms with van der Waals surface area (Å²) in [6.45, 7) is 4.44. The smallest absolute Gasteiger partial charge is 0.344 e. The molecule has 0 bridgehead atoms. The molecule has 0 N–H and O–H groups in total. The van der Waals surface area contributed by atoms with Crippen LogP contribution in [0.4, 0.5) is 0 Å². The normalized spacial score (nSPS) is 10.9. The summed E-state index contributed by atoms with van der Waals surface area (Å²) in [6, 6.07) is 13.2. The van der Waals surface area contributed by atoms with Crippen LogP contribution in [0.2, 0.25) is 0 Å². The lowest BCUT2D eigenvalue weighted by Gasteiger charge is -2.09. The van der Waals surface area contributed by atoms with Gasteiger partial charge in [-0.25, -0.2) is 4.79 Å². The number of halogens is 1. The molecule has 0 saturated heterocycles. The van der Waals surface area contributed by atoms with Gasteiger partial charge in [-0.3, -0.25) is 0 Å². The third-order valence-electron chi connectivity index (χ3n) is 3.58. The van der Waals surface area contributed by atoms with Crippen molar-refractivity contribution in [1.29, 1.82) is 0 Å². The Hall–Kier alpha value is -2.07. The number of aryl methyl sites for hydroxylation is 1. The predicted molar refractivity (Wildman–Crippen MR) is 91.5 cm³/mol. The first kappa shape index (κ1) is 14.9. The molecule has 0 fully saturated rings. The summed E-state index contributed by atoms with van der Waals surface area (Å²) in [7, 11) is 0. The average Bonchev–Trinajstić information content (AvgIpc) is 2.49. The van der Waals surface area contributed by atoms with E-state index in [0.717, 1.165) is 21.0 Å². The zero-order chi connectivity index (χ0) is 15.7. The fourth-order valence-corrected chi connectivity index (χ4v) is 2.81. The van der Waals surface area contributed by atoms with E-state index in [1.165, 1.54) is 0 Å². The molecule has 0 spiro atoms. The largest absolute Gasteiger partial charge is 0.494 e. The molecular formula is C18H15BrO3. The van der Waals surface area contributed by atoms with Gasteiger partial charge >= 0.3 is 5.63 Å². The number of hydrogen-bond donors (Lipinski definition) is 0. The molecule has 22 heavy (non-hydrogen) atoms. The lowest BCUT2D eigenvalue weighted by molar-refractivity contribution is 0.340. The van der Waals surface area contributed by atoms with E-state index < -0.39 is 0 Å². The number of fused-ring (bicyclic) bond motifs is 1. The van der Waals surface area contributed by atoms with Gasteiger partial charge in [0.2, 0.25) is 0 Å². The highest BCUT2D eigenvalue weighted by Crippen LogP contribution is 2.29. The molecule has 0 aliphatic heterocycles. The van der Waals surface area contributed by atoms with Crippen LogP contribution in [0.15, 0.2) is 56.1 Å². The fourth-order valence-electron chi connectivity index (χ4n) is 2.54. The number of hydrogen-bond acceptors (Lipinski definition) is 3. The zero-order valence-corrected chi connectivity index (χ0v) is 13.9. The summed E-state index contributed by atoms with van der Waals surface area (Å²) in [5, 5.41) is 0.918. The monoisotopic (exact) mass is 358 g/mol. The molecule has 0 amide bonds. The van der Waals surface area contributed by atoms with E-state index in [9.17, 15) is 4.79 Å². The molecule has 3 aromatic rings. The van der Waals surface area contributed by atoms with Gasteiger partial charge in [-0.2, -0.15) is 0 Å². The molecule has 4 heteroatoms. The second-order valence-corrected chi connectivity index (χ2v) is 5.90. The molecule has 1 aromatic heterocycles. The third-order valence-corrected chi connectivity index (χ3v) is 4.11. The summed E-state index contributed by atoms with van der Waals surface area (Å²) >= 11 is 3.40. The molecule has 0 radical (unpaired) electrons. The van der Waals surface area contributed by atoms with Gasteiger partial charge in [-0.05, 0) is 49.2 Å². The van der Waals surface area contributed by atoms with Crippen LogP contribution in [0.1, 0.15) is 12.5 Å². The van der Waals surface area contributed by atoms with Gasteiger partial charge < -0.3 is 9.15 Å². The number of ether oxygens (including phenoxy) is 1. The van der Waals surface area contributed by atoms with Crippen molar-refractivity contribution in [2.75, 3.05) is 6.61 Å². The van der Waals surface area contributed by atoms with Gasteiger partial charge in [0.15, 0.2) is 0 Å². The van der Waals surface area contributed by atoms with Crippen molar-refractivity contribution < 1.29 is 9.15 Å². The zero-order valence-electron chi connectivity index (χ0n) is 12.4. The molecule has 1 heterocycles. The van der Waals surface area contributed by atoms with Crippen molar-refractivity contribution in [2.45, 2.75) is 13.8 Å². The Kier molecular flexibility index (Phi) is 4.03. The number of rotatable bonds is 3. The lowest BCUT2D eigenvalue weighted by atomic mass is 10.00. The van der Waals surface area contributed by atoms with E-state index in [1.54, 1.807) is 6.07 Å². The van der Waals surface area contributed by atoms with Gasteiger partial charge in [0.25, 0.3) is 0 Å². The highest BCUT2D eigenvalue weighted by molar-refractivity contribution is 9.10. The maximum atomic E-state index is 12.4. The minimum Gasteiger partial charge on any atom is -0.494 e. The van der Waals surface area contributed by atoms with Gasteiger partial charge in [0, 0.05) is 15.9 Å². The highest BCUT2D eigenvalue weighted by atomic mass is 79.9. The Balaban J connectivity index is 2.22. The topological polar surface area (TPSA) is 39.4 Å². The lowest BCUT2D eigenvalue weighted by Crippen LogP contribution is -2.06. The first-order valence-electron chi connectivity index (χ1n) is 7.06. The van der Waals surface area contributed by atoms with Crippen molar-refractivity contribution in [3.63, 3.8) is 0 Å². The Morgan fingerprint density at radius 2 is 1.86 bits per heavy atom. The molecule has 3 nitrogen and oxygen atoms in total. The Morgan fingerprint density at radius 1 is 1.14 bits per heavy atom. The van der Waals surface area contributed by atoms with Crippen LogP contribution >= 0.6 is 15.9 Å². The maximum absolute atomic E-state index is 12.4. The molecule has 0 aliphatic rings. The first-order chi connectivity index (χ1) is 10.6. The van der Waals surface area contributed by atoms with Crippen molar-refractivity contribution in [2.24, 2.45) is 0 Å². The Morgan fingerprint density at radius 3 is 2.55 bits per heavy atom. The maximum Gasteiger partial charge on any atom is 0.344 e. The summed E-state index contributed by atoms with van der Waals surface area (Å²) in [5.41, 5.74) is 2.58. The molecular weight excluding hydrogens is 344 g/mol. The average molecular weight is 359 g/mol. The van der Waals surface area contributed by atoms with Crippen molar-refractivity contribution in [3.8, 4) is 16.9 Å². The summed E-state index contributed by atoms with van der Waals surface area (Å²) in [4.78, 5) is 12.4. The van der Waals surface area contributed by atoms with E-state index in [-0.39, 0.29) is 5.63 Å². The molecule has 0 saturated carbocycles. The summed E-state index contributed by atoms with van der Waals surface area (Å²) in [6.07, 6.45) is 0. The van der Waals surface area contributed by atoms with Crippen molar-refractivity contribution in [1.82, 2.24) is 0 Å². The molecule has 112 valence electrons. The van der Waals surface area contributed by atoms with Crippen molar-refractivity contribution >= 4 is 26.9 Å². The third kappa shape index (κ3) is 2.66. The highest BCUT2D eigenvalue weighted by Gasteiger charge is 2.13. The number of benzene rings is 2. The second kappa shape index (κ2) is 5.97. The Bertz CT molecular complexity index is 879. The fraction of sp³-hybridized carbons (Fsp3) is 0.167. The van der Waals surface area contributed by atoms with Crippen LogP contribution < -0.4 is 10.4 Å². The standard InChI is InChI=1S/C18H15BrO3/c1-3-21-14-8-9-15-11(2)17(18(20)22-16(15)10-14)12-4-6-13(19)7-5-12/h4-10H,3H2,1-2H3. The molecule has 0 unspecified atom stereocenters. The molecule has 2 aromatic carbocycles. The quantitative estimate of drug-likeness (QED) is 0.623. The van der Waals surface area contributed by atoms with Crippen molar-refractivity contribution in [3.05, 3.63) is 62.9 Å². The first-order valence-corrected chi connectivity index (χ1v) is 7.85. The van der Waals surface area contributed by atoms with Gasteiger partial charge in [0.05, 0.1) is 12.2 Å². The van der Waals surface area contributed by atoms with Crippen LogP contribution in [-0.2, 0) is 0 Å². The van der Waals surface area contributed by atoms with Crippen LogP contribution in [0, 0.1) is 6.92 Å². The molecule has 3 rings (SSSR count). The second-order valence-electron chi connectivity index (χ2n) is 4.99. The van der Waals surface area contributed by atoms with Gasteiger partial charge in [-0.15, -0.1) is 0 Å². The summed E-state index contributed by atoms with van der Waals surface area (Å²) < 4.78 is 11.9. The molecule has 0 atom stereocenters. The van der Waals surface area contributed by atoms with Crippen LogP contribution in [0.3, 0.4) is 0 Å². The van der Waals surface area contributed by atoms with E-state index >= 15 is 0 Å². The van der Waals surface area contributed by atoms with E-state index in [0.29, 0.717) is 23.5 Å². The van der Waals surface area contributed by atoms with Crippen LogP contribution in [0.5, 0.6) is 5.75 Å². The van der Waals surface area contributed by atoms with Gasteiger partial charge in [-0.1, -0.05) is 28.1 Å². The van der Waals surface area contributed by atoms with Gasteiger partial charge in [0.1, 0.15) is 11.3 Å². The minimum atomic E-state index is -0.332. The summed E-state index contributed by atoms with van der Waals surface area (Å²) in [5.74, 6) is 0.703. The van der Waals surface area contributed by atoms with E-state index in [2.05, 4.69) is 15.9 Å². The minimum absolute atomic E-state index is 0.332. The van der Waals surface area contributed by atoms with Crippen LogP contribution in [-0.4, -0.2) is 6.61 Å². The Labute approximate surface area is 136 Å².